The van der Waals surface area contributed by atoms with E-state index in [9.17, 15) is 9.90 Å². The van der Waals surface area contributed by atoms with E-state index in [2.05, 4.69) is 0 Å². The summed E-state index contributed by atoms with van der Waals surface area (Å²) >= 11 is 0. The van der Waals surface area contributed by atoms with Gasteiger partial charge in [-0.25, -0.2) is 0 Å². The summed E-state index contributed by atoms with van der Waals surface area (Å²) in [5.41, 5.74) is 4.84. The number of nitrogens with two attached hydrogens (primary N) is 1. The predicted octanol–water partition coefficient (Wildman–Crippen LogP) is 4.12. The molecular formula is C23H29NO4. The van der Waals surface area contributed by atoms with Crippen molar-refractivity contribution in [2.24, 2.45) is 16.6 Å². The molecule has 2 aromatic carbocycles. The van der Waals surface area contributed by atoms with E-state index >= 15 is 0 Å². The van der Waals surface area contributed by atoms with Gasteiger partial charge in [0.15, 0.2) is 0 Å². The Bertz CT molecular complexity index is 702. The summed E-state index contributed by atoms with van der Waals surface area (Å²) in [6, 6.07) is 19.4. The molecule has 0 spiro atoms. The molecule has 3 N–H and O–H groups in total. The lowest BCUT2D eigenvalue weighted by Crippen LogP contribution is -2.32. The summed E-state index contributed by atoms with van der Waals surface area (Å²) in [4.78, 5) is 11.9. The van der Waals surface area contributed by atoms with E-state index in [0.717, 1.165) is 37.2 Å². The maximum Gasteiger partial charge on any atom is 0.311 e. The molecule has 5 heteroatoms. The van der Waals surface area contributed by atoms with Gasteiger partial charge in [0, 0.05) is 6.54 Å². The molecule has 1 atom stereocenters. The summed E-state index contributed by atoms with van der Waals surface area (Å²) in [6.45, 7) is 1.33. The summed E-state index contributed by atoms with van der Waals surface area (Å²) in [7, 11) is 0. The average molecular weight is 383 g/mol. The predicted molar refractivity (Wildman–Crippen MR) is 109 cm³/mol. The Balaban J connectivity index is 1.51. The van der Waals surface area contributed by atoms with Gasteiger partial charge in [0.05, 0.1) is 18.6 Å². The summed E-state index contributed by atoms with van der Waals surface area (Å²) < 4.78 is 11.5. The van der Waals surface area contributed by atoms with Crippen molar-refractivity contribution >= 4 is 5.97 Å². The summed E-state index contributed by atoms with van der Waals surface area (Å²) in [5, 5.41) is 9.77. The highest BCUT2D eigenvalue weighted by atomic mass is 16.5. The molecule has 150 valence electrons. The van der Waals surface area contributed by atoms with Crippen LogP contribution < -0.4 is 15.2 Å². The van der Waals surface area contributed by atoms with Crippen molar-refractivity contribution in [2.45, 2.75) is 32.1 Å². The molecule has 3 rings (SSSR count). The zero-order valence-corrected chi connectivity index (χ0v) is 16.2. The molecule has 1 saturated carbocycles. The molecule has 1 unspecified atom stereocenters. The van der Waals surface area contributed by atoms with Crippen molar-refractivity contribution in [3.63, 3.8) is 0 Å². The lowest BCUT2D eigenvalue weighted by Gasteiger charge is -2.22. The SMILES string of the molecule is NCC1(C(=O)O)CC1(CCCOc1ccccc1)CCCOc1ccccc1. The first-order chi connectivity index (χ1) is 13.6. The van der Waals surface area contributed by atoms with Crippen LogP contribution >= 0.6 is 0 Å². The Morgan fingerprint density at radius 2 is 1.36 bits per heavy atom. The number of rotatable bonds is 12. The number of carboxylic acids is 1. The van der Waals surface area contributed by atoms with E-state index < -0.39 is 11.4 Å². The van der Waals surface area contributed by atoms with Gasteiger partial charge in [-0.3, -0.25) is 4.79 Å². The van der Waals surface area contributed by atoms with Crippen molar-refractivity contribution in [1.82, 2.24) is 0 Å². The van der Waals surface area contributed by atoms with E-state index in [-0.39, 0.29) is 12.0 Å². The molecule has 1 fully saturated rings. The van der Waals surface area contributed by atoms with Crippen LogP contribution in [0.15, 0.2) is 60.7 Å². The number of ether oxygens (including phenoxy) is 2. The highest BCUT2D eigenvalue weighted by molar-refractivity contribution is 5.80. The standard InChI is InChI=1S/C23H29NO4/c24-18-23(21(25)26)17-22(23,13-7-15-27-19-9-3-1-4-10-19)14-8-16-28-20-11-5-2-6-12-20/h1-6,9-12H,7-8,13-18,24H2,(H,25,26). The molecular weight excluding hydrogens is 354 g/mol. The van der Waals surface area contributed by atoms with Crippen LogP contribution in [0.1, 0.15) is 32.1 Å². The molecule has 0 radical (unpaired) electrons. The van der Waals surface area contributed by atoms with Crippen LogP contribution in [-0.2, 0) is 4.79 Å². The van der Waals surface area contributed by atoms with Crippen LogP contribution in [0.2, 0.25) is 0 Å². The summed E-state index contributed by atoms with van der Waals surface area (Å²) in [5.74, 6) is 0.904. The van der Waals surface area contributed by atoms with Gasteiger partial charge in [0.25, 0.3) is 0 Å². The lowest BCUT2D eigenvalue weighted by molar-refractivity contribution is -0.144. The van der Waals surface area contributed by atoms with Gasteiger partial charge in [-0.2, -0.15) is 0 Å². The fourth-order valence-corrected chi connectivity index (χ4v) is 4.23. The molecule has 0 bridgehead atoms. The number of carbonyl (C=O) groups is 1. The minimum Gasteiger partial charge on any atom is -0.494 e. The first-order valence-electron chi connectivity index (χ1n) is 9.91. The van der Waals surface area contributed by atoms with Crippen LogP contribution in [0.3, 0.4) is 0 Å². The maximum atomic E-state index is 11.9. The quantitative estimate of drug-likeness (QED) is 0.539. The maximum absolute atomic E-state index is 11.9. The highest BCUT2D eigenvalue weighted by Crippen LogP contribution is 2.68. The van der Waals surface area contributed by atoms with Gasteiger partial charge in [-0.1, -0.05) is 36.4 Å². The van der Waals surface area contributed by atoms with E-state index in [4.69, 9.17) is 15.2 Å². The number of benzene rings is 2. The van der Waals surface area contributed by atoms with Gasteiger partial charge >= 0.3 is 5.97 Å². The monoisotopic (exact) mass is 383 g/mol. The van der Waals surface area contributed by atoms with Gasteiger partial charge in [-0.05, 0) is 61.8 Å². The molecule has 0 saturated heterocycles. The van der Waals surface area contributed by atoms with Crippen molar-refractivity contribution < 1.29 is 19.4 Å². The molecule has 0 aliphatic heterocycles. The van der Waals surface area contributed by atoms with Crippen LogP contribution in [0.5, 0.6) is 11.5 Å². The molecule has 1 aliphatic rings. The van der Waals surface area contributed by atoms with Crippen molar-refractivity contribution in [1.29, 1.82) is 0 Å². The van der Waals surface area contributed by atoms with Crippen LogP contribution in [-0.4, -0.2) is 30.8 Å². The van der Waals surface area contributed by atoms with E-state index in [0.29, 0.717) is 19.6 Å². The van der Waals surface area contributed by atoms with Crippen LogP contribution in [0.4, 0.5) is 0 Å². The second-order valence-corrected chi connectivity index (χ2v) is 7.58. The second kappa shape index (κ2) is 9.11. The minimum atomic E-state index is -0.799. The summed E-state index contributed by atoms with van der Waals surface area (Å²) in [6.07, 6.45) is 3.86. The number of carboxylic acid groups (broad SMARTS) is 1. The minimum absolute atomic E-state index is 0.182. The molecule has 0 aromatic heterocycles. The normalized spacial score (nSPS) is 19.8. The third-order valence-electron chi connectivity index (χ3n) is 5.91. The number of hydrogen-bond donors (Lipinski definition) is 2. The van der Waals surface area contributed by atoms with Gasteiger partial charge in [0.1, 0.15) is 11.5 Å². The van der Waals surface area contributed by atoms with Crippen LogP contribution in [0.25, 0.3) is 0 Å². The molecule has 5 nitrogen and oxygen atoms in total. The first-order valence-corrected chi connectivity index (χ1v) is 9.91. The zero-order valence-electron chi connectivity index (χ0n) is 16.2. The number of para-hydroxylation sites is 2. The first kappa shape index (κ1) is 20.2. The van der Waals surface area contributed by atoms with Crippen molar-refractivity contribution in [2.75, 3.05) is 19.8 Å². The van der Waals surface area contributed by atoms with Crippen LogP contribution in [0, 0.1) is 10.8 Å². The van der Waals surface area contributed by atoms with E-state index in [1.54, 1.807) is 0 Å². The smallest absolute Gasteiger partial charge is 0.311 e. The Hall–Kier alpha value is -2.53. The van der Waals surface area contributed by atoms with Gasteiger partial charge in [-0.15, -0.1) is 0 Å². The Labute approximate surface area is 166 Å². The fourth-order valence-electron chi connectivity index (χ4n) is 4.23. The molecule has 1 aliphatic carbocycles. The Kier molecular flexibility index (Phi) is 6.57. The third-order valence-corrected chi connectivity index (χ3v) is 5.91. The van der Waals surface area contributed by atoms with Gasteiger partial charge < -0.3 is 20.3 Å². The average Bonchev–Trinajstić information content (AvgIpc) is 3.40. The lowest BCUT2D eigenvalue weighted by atomic mass is 9.84. The largest absolute Gasteiger partial charge is 0.494 e. The van der Waals surface area contributed by atoms with E-state index in [1.807, 2.05) is 60.7 Å². The number of aliphatic carboxylic acids is 1. The third kappa shape index (κ3) is 4.47. The molecule has 2 aromatic rings. The molecule has 0 amide bonds. The Morgan fingerprint density at radius 3 is 1.71 bits per heavy atom. The molecule has 28 heavy (non-hydrogen) atoms. The van der Waals surface area contributed by atoms with Crippen molar-refractivity contribution in [3.05, 3.63) is 60.7 Å². The zero-order chi connectivity index (χ0) is 19.9. The Morgan fingerprint density at radius 1 is 0.893 bits per heavy atom. The highest BCUT2D eigenvalue weighted by Gasteiger charge is 2.70. The van der Waals surface area contributed by atoms with Crippen molar-refractivity contribution in [3.8, 4) is 11.5 Å². The topological polar surface area (TPSA) is 81.8 Å². The van der Waals surface area contributed by atoms with Gasteiger partial charge in [0.2, 0.25) is 0 Å². The number of hydrogen-bond acceptors (Lipinski definition) is 4. The second-order valence-electron chi connectivity index (χ2n) is 7.58. The molecule has 0 heterocycles. The fraction of sp³-hybridized carbons (Fsp3) is 0.435. The van der Waals surface area contributed by atoms with E-state index in [1.165, 1.54) is 0 Å².